The SMILES string of the molecule is Cc1ccc2c(c1-c1ccccc1)C=C(C(C)C)[CH]2[Zr]([Cl])([Cl])[c]1cccc2c1[SiH2]c1ccccc1-2. The Bertz CT molecular complexity index is 1490. The number of allylic oxidation sites excluding steroid dienone is 1. The van der Waals surface area contributed by atoms with E-state index in [0.29, 0.717) is 5.92 Å². The van der Waals surface area contributed by atoms with Crippen LogP contribution < -0.4 is 13.6 Å². The number of hydrogen-bond acceptors (Lipinski definition) is 0. The molecule has 1 unspecified atom stereocenters. The Balaban J connectivity index is 1.54. The van der Waals surface area contributed by atoms with E-state index in [1.165, 1.54) is 58.2 Å². The van der Waals surface area contributed by atoms with Gasteiger partial charge in [-0.1, -0.05) is 0 Å². The van der Waals surface area contributed by atoms with E-state index in [-0.39, 0.29) is 3.63 Å². The maximum absolute atomic E-state index is 7.76. The summed E-state index contributed by atoms with van der Waals surface area (Å²) in [6, 6.07) is 30.9. The second kappa shape index (κ2) is 9.00. The second-order valence-electron chi connectivity index (χ2n) is 10.1. The van der Waals surface area contributed by atoms with Gasteiger partial charge in [-0.3, -0.25) is 0 Å². The summed E-state index contributed by atoms with van der Waals surface area (Å²) in [7, 11) is 14.9. The fourth-order valence-corrected chi connectivity index (χ4v) is 23.1. The van der Waals surface area contributed by atoms with Crippen molar-refractivity contribution >= 4 is 46.3 Å². The van der Waals surface area contributed by atoms with Gasteiger partial charge in [0.2, 0.25) is 0 Å². The zero-order chi connectivity index (χ0) is 24.3. The molecular formula is C31H28Cl2SiZr. The van der Waals surface area contributed by atoms with Crippen molar-refractivity contribution in [3.63, 3.8) is 0 Å². The van der Waals surface area contributed by atoms with E-state index >= 15 is 0 Å². The maximum atomic E-state index is 7.76. The van der Waals surface area contributed by atoms with Crippen LogP contribution >= 0.6 is 17.0 Å². The van der Waals surface area contributed by atoms with Crippen LogP contribution in [0.3, 0.4) is 0 Å². The molecule has 2 aliphatic rings. The average molecular weight is 591 g/mol. The van der Waals surface area contributed by atoms with Gasteiger partial charge in [-0.25, -0.2) is 0 Å². The van der Waals surface area contributed by atoms with E-state index < -0.39 is 27.4 Å². The topological polar surface area (TPSA) is 0 Å². The van der Waals surface area contributed by atoms with Crippen molar-refractivity contribution in [1.82, 2.24) is 0 Å². The van der Waals surface area contributed by atoms with Crippen LogP contribution in [-0.2, 0) is 17.9 Å². The average Bonchev–Trinajstić information content (AvgIpc) is 3.43. The van der Waals surface area contributed by atoms with Crippen LogP contribution in [0.2, 0.25) is 0 Å². The number of fused-ring (bicyclic) bond motifs is 4. The summed E-state index contributed by atoms with van der Waals surface area (Å²) in [6.07, 6.45) is 2.42. The van der Waals surface area contributed by atoms with Crippen LogP contribution in [0.15, 0.2) is 90.5 Å². The quantitative estimate of drug-likeness (QED) is 0.206. The molecule has 4 heteroatoms. The van der Waals surface area contributed by atoms with E-state index in [2.05, 4.69) is 112 Å². The first-order valence-electron chi connectivity index (χ1n) is 12.4. The molecule has 0 spiro atoms. The van der Waals surface area contributed by atoms with E-state index in [4.69, 9.17) is 17.0 Å². The van der Waals surface area contributed by atoms with E-state index in [1.54, 1.807) is 0 Å². The summed E-state index contributed by atoms with van der Waals surface area (Å²) < 4.78 is 1.42. The van der Waals surface area contributed by atoms with Crippen LogP contribution in [0, 0.1) is 12.8 Å². The summed E-state index contributed by atoms with van der Waals surface area (Å²) in [5, 5.41) is 3.00. The monoisotopic (exact) mass is 588 g/mol. The van der Waals surface area contributed by atoms with Crippen LogP contribution in [0.25, 0.3) is 28.3 Å². The minimum atomic E-state index is -3.92. The molecule has 0 radical (unpaired) electrons. The Morgan fingerprint density at radius 3 is 2.29 bits per heavy atom. The Morgan fingerprint density at radius 2 is 1.51 bits per heavy atom. The molecule has 174 valence electrons. The molecule has 0 fully saturated rings. The first-order chi connectivity index (χ1) is 16.9. The normalized spacial score (nSPS) is 16.9. The van der Waals surface area contributed by atoms with Gasteiger partial charge in [0, 0.05) is 0 Å². The summed E-state index contributed by atoms with van der Waals surface area (Å²) in [5.74, 6) is 0.385. The molecule has 0 nitrogen and oxygen atoms in total. The van der Waals surface area contributed by atoms with Crippen molar-refractivity contribution in [3.8, 4) is 22.3 Å². The number of hydrogen-bond donors (Lipinski definition) is 0. The minimum absolute atomic E-state index is 0.120. The van der Waals surface area contributed by atoms with Crippen molar-refractivity contribution < 1.29 is 17.9 Å². The van der Waals surface area contributed by atoms with Gasteiger partial charge in [0.1, 0.15) is 0 Å². The first kappa shape index (κ1) is 23.7. The molecule has 0 saturated heterocycles. The van der Waals surface area contributed by atoms with E-state index in [1.807, 2.05) is 0 Å². The fourth-order valence-electron chi connectivity index (χ4n) is 6.10. The zero-order valence-electron chi connectivity index (χ0n) is 20.3. The van der Waals surface area contributed by atoms with Crippen molar-refractivity contribution in [2.75, 3.05) is 0 Å². The summed E-state index contributed by atoms with van der Waals surface area (Å²) in [5.41, 5.74) is 10.7. The predicted octanol–water partition coefficient (Wildman–Crippen LogP) is 6.64. The number of benzene rings is 4. The predicted molar refractivity (Wildman–Crippen MR) is 153 cm³/mol. The Hall–Kier alpha value is -1.70. The summed E-state index contributed by atoms with van der Waals surface area (Å²) in [4.78, 5) is 0. The summed E-state index contributed by atoms with van der Waals surface area (Å²) in [6.45, 7) is 6.79. The summed E-state index contributed by atoms with van der Waals surface area (Å²) >= 11 is -3.92. The molecule has 6 rings (SSSR count). The second-order valence-corrected chi connectivity index (χ2v) is 26.0. The number of halogens is 2. The van der Waals surface area contributed by atoms with Gasteiger partial charge in [-0.05, 0) is 0 Å². The van der Waals surface area contributed by atoms with Crippen LogP contribution in [0.4, 0.5) is 0 Å². The van der Waals surface area contributed by atoms with Gasteiger partial charge in [-0.15, -0.1) is 0 Å². The molecule has 4 aromatic rings. The molecule has 1 heterocycles. The molecule has 1 aliphatic heterocycles. The van der Waals surface area contributed by atoms with Crippen molar-refractivity contribution in [3.05, 3.63) is 107 Å². The van der Waals surface area contributed by atoms with Gasteiger partial charge < -0.3 is 0 Å². The molecule has 0 amide bonds. The Morgan fingerprint density at radius 1 is 0.800 bits per heavy atom. The van der Waals surface area contributed by atoms with E-state index in [9.17, 15) is 0 Å². The third kappa shape index (κ3) is 3.80. The molecule has 35 heavy (non-hydrogen) atoms. The third-order valence-corrected chi connectivity index (χ3v) is 22.0. The van der Waals surface area contributed by atoms with E-state index in [0.717, 1.165) is 0 Å². The molecule has 0 bridgehead atoms. The van der Waals surface area contributed by atoms with Crippen molar-refractivity contribution in [2.45, 2.75) is 24.4 Å². The number of rotatable bonds is 4. The first-order valence-corrected chi connectivity index (χ1v) is 22.8. The molecule has 1 aliphatic carbocycles. The van der Waals surface area contributed by atoms with Gasteiger partial charge in [0.15, 0.2) is 0 Å². The van der Waals surface area contributed by atoms with Gasteiger partial charge >= 0.3 is 224 Å². The molecule has 0 saturated carbocycles. The van der Waals surface area contributed by atoms with Gasteiger partial charge in [-0.2, -0.15) is 0 Å². The Kier molecular flexibility index (Phi) is 6.09. The molecule has 0 aromatic heterocycles. The molecule has 1 atom stereocenters. The van der Waals surface area contributed by atoms with Gasteiger partial charge in [0.05, 0.1) is 0 Å². The number of aryl methyl sites for hydroxylation is 1. The van der Waals surface area contributed by atoms with Crippen LogP contribution in [0.1, 0.15) is 34.2 Å². The standard InChI is InChI=1S/C19H19.C12H9Si.2ClH.Zr/c1-13(2)17-11-16-10-9-14(3)19(18(16)12-17)15-7-5-4-6-8-15;1-3-7-11-9(5-1)10-6-2-4-8-12(10)13-11;;;/h4-13H,1-3H3;1-7H,13H2;2*1H;/q;;;;+2/p-2. The Labute approximate surface area is 222 Å². The van der Waals surface area contributed by atoms with Crippen molar-refractivity contribution in [2.24, 2.45) is 5.92 Å². The molecule has 0 N–H and O–H groups in total. The molecular weight excluding hydrogens is 563 g/mol. The van der Waals surface area contributed by atoms with Gasteiger partial charge in [0.25, 0.3) is 0 Å². The van der Waals surface area contributed by atoms with Crippen LogP contribution in [-0.4, -0.2) is 9.52 Å². The van der Waals surface area contributed by atoms with Crippen LogP contribution in [0.5, 0.6) is 0 Å². The molecule has 4 aromatic carbocycles. The third-order valence-electron chi connectivity index (χ3n) is 7.74. The fraction of sp³-hybridized carbons (Fsp3) is 0.161. The van der Waals surface area contributed by atoms with Crippen molar-refractivity contribution in [1.29, 1.82) is 0 Å². The zero-order valence-corrected chi connectivity index (χ0v) is 25.7.